The van der Waals surface area contributed by atoms with Crippen LogP contribution in [-0.4, -0.2) is 29.1 Å². The Bertz CT molecular complexity index is 1020. The van der Waals surface area contributed by atoms with Crippen molar-refractivity contribution in [2.24, 2.45) is 0 Å². The van der Waals surface area contributed by atoms with Crippen molar-refractivity contribution in [3.8, 4) is 5.75 Å². The third-order valence-electron chi connectivity index (χ3n) is 5.20. The maximum atomic E-state index is 12.6. The van der Waals surface area contributed by atoms with Gasteiger partial charge in [-0.2, -0.15) is 0 Å². The third kappa shape index (κ3) is 4.20. The first-order valence-corrected chi connectivity index (χ1v) is 10.7. The highest BCUT2D eigenvalue weighted by atomic mass is 79.9. The van der Waals surface area contributed by atoms with Crippen LogP contribution in [0.15, 0.2) is 77.3 Å². The fourth-order valence-electron chi connectivity index (χ4n) is 3.93. The fraction of sp³-hybridized carbons (Fsp3) is 0.208. The zero-order valence-electron chi connectivity index (χ0n) is 16.6. The van der Waals surface area contributed by atoms with E-state index in [2.05, 4.69) is 44.3 Å². The van der Waals surface area contributed by atoms with E-state index < -0.39 is 0 Å². The quantitative estimate of drug-likeness (QED) is 0.503. The van der Waals surface area contributed by atoms with E-state index >= 15 is 0 Å². The minimum atomic E-state index is -0.276. The maximum Gasteiger partial charge on any atom is 0.320 e. The van der Waals surface area contributed by atoms with E-state index in [9.17, 15) is 9.90 Å². The second kappa shape index (κ2) is 8.90. The SMILES string of the molecule is CCOC(=O)CN1[C@H](c2ccccc2)c2cc(Br)ccc2N[C@H]1c1ccc(O)cc1. The van der Waals surface area contributed by atoms with Crippen molar-refractivity contribution in [2.75, 3.05) is 18.5 Å². The highest BCUT2D eigenvalue weighted by Crippen LogP contribution is 2.44. The number of nitrogens with one attached hydrogen (secondary N) is 1. The number of carbonyl (C=O) groups excluding carboxylic acids is 1. The van der Waals surface area contributed by atoms with Crippen LogP contribution in [0.2, 0.25) is 0 Å². The molecule has 0 unspecified atom stereocenters. The second-order valence-electron chi connectivity index (χ2n) is 7.16. The molecule has 4 rings (SSSR count). The van der Waals surface area contributed by atoms with E-state index in [-0.39, 0.29) is 30.5 Å². The van der Waals surface area contributed by atoms with E-state index in [0.717, 1.165) is 26.9 Å². The topological polar surface area (TPSA) is 61.8 Å². The highest BCUT2D eigenvalue weighted by Gasteiger charge is 2.37. The van der Waals surface area contributed by atoms with Gasteiger partial charge < -0.3 is 15.2 Å². The van der Waals surface area contributed by atoms with Gasteiger partial charge in [-0.15, -0.1) is 0 Å². The Balaban J connectivity index is 1.86. The Morgan fingerprint density at radius 1 is 1.07 bits per heavy atom. The lowest BCUT2D eigenvalue weighted by molar-refractivity contribution is -0.145. The Kier molecular flexibility index (Phi) is 6.06. The molecule has 3 aromatic rings. The summed E-state index contributed by atoms with van der Waals surface area (Å²) in [4.78, 5) is 14.7. The number of benzene rings is 3. The Labute approximate surface area is 184 Å². The number of hydrogen-bond donors (Lipinski definition) is 2. The normalized spacial score (nSPS) is 18.3. The van der Waals surface area contributed by atoms with E-state index in [0.29, 0.717) is 6.61 Å². The monoisotopic (exact) mass is 466 g/mol. The molecule has 2 atom stereocenters. The summed E-state index contributed by atoms with van der Waals surface area (Å²) in [5, 5.41) is 13.3. The van der Waals surface area contributed by atoms with Crippen LogP contribution in [0.4, 0.5) is 5.69 Å². The molecule has 0 bridgehead atoms. The van der Waals surface area contributed by atoms with Gasteiger partial charge in [0.1, 0.15) is 11.9 Å². The summed E-state index contributed by atoms with van der Waals surface area (Å²) in [6.45, 7) is 2.27. The van der Waals surface area contributed by atoms with Gasteiger partial charge in [0.05, 0.1) is 19.2 Å². The molecule has 0 saturated heterocycles. The van der Waals surface area contributed by atoms with Crippen LogP contribution in [0, 0.1) is 0 Å². The minimum absolute atomic E-state index is 0.123. The molecule has 0 aromatic heterocycles. The van der Waals surface area contributed by atoms with Crippen LogP contribution in [0.5, 0.6) is 5.75 Å². The van der Waals surface area contributed by atoms with Crippen molar-refractivity contribution in [1.29, 1.82) is 0 Å². The first kappa shape index (κ1) is 20.4. The number of fused-ring (bicyclic) bond motifs is 1. The van der Waals surface area contributed by atoms with Crippen LogP contribution in [0.3, 0.4) is 0 Å². The molecule has 154 valence electrons. The van der Waals surface area contributed by atoms with Crippen LogP contribution in [-0.2, 0) is 9.53 Å². The van der Waals surface area contributed by atoms with Crippen LogP contribution in [0.1, 0.15) is 35.8 Å². The van der Waals surface area contributed by atoms with Crippen LogP contribution in [0.25, 0.3) is 0 Å². The molecule has 3 aromatic carbocycles. The number of halogens is 1. The molecule has 30 heavy (non-hydrogen) atoms. The average molecular weight is 467 g/mol. The van der Waals surface area contributed by atoms with Crippen molar-refractivity contribution in [1.82, 2.24) is 4.90 Å². The zero-order chi connectivity index (χ0) is 21.1. The lowest BCUT2D eigenvalue weighted by atomic mass is 9.91. The van der Waals surface area contributed by atoms with Crippen LogP contribution >= 0.6 is 15.9 Å². The third-order valence-corrected chi connectivity index (χ3v) is 5.70. The van der Waals surface area contributed by atoms with Crippen molar-refractivity contribution >= 4 is 27.6 Å². The summed E-state index contributed by atoms with van der Waals surface area (Å²) in [5.41, 5.74) is 4.12. The molecule has 0 amide bonds. The van der Waals surface area contributed by atoms with E-state index in [1.54, 1.807) is 12.1 Å². The molecule has 6 heteroatoms. The second-order valence-corrected chi connectivity index (χ2v) is 8.08. The minimum Gasteiger partial charge on any atom is -0.508 e. The van der Waals surface area contributed by atoms with Crippen molar-refractivity contribution < 1.29 is 14.6 Å². The zero-order valence-corrected chi connectivity index (χ0v) is 18.2. The van der Waals surface area contributed by atoms with E-state index in [1.165, 1.54) is 0 Å². The number of phenols is 1. The number of anilines is 1. The van der Waals surface area contributed by atoms with Gasteiger partial charge in [-0.25, -0.2) is 0 Å². The summed E-state index contributed by atoms with van der Waals surface area (Å²) in [6, 6.07) is 23.2. The summed E-state index contributed by atoms with van der Waals surface area (Å²) in [6.07, 6.45) is -0.270. The molecule has 1 aliphatic heterocycles. The largest absolute Gasteiger partial charge is 0.508 e. The van der Waals surface area contributed by atoms with E-state index in [1.807, 2.05) is 49.4 Å². The van der Waals surface area contributed by atoms with Gasteiger partial charge >= 0.3 is 5.97 Å². The van der Waals surface area contributed by atoms with Gasteiger partial charge in [-0.3, -0.25) is 9.69 Å². The lowest BCUT2D eigenvalue weighted by Crippen LogP contribution is -2.44. The summed E-state index contributed by atoms with van der Waals surface area (Å²) < 4.78 is 6.26. The number of aromatic hydroxyl groups is 1. The standard InChI is InChI=1S/C24H23BrN2O3/c1-2-30-22(29)15-27-23(16-6-4-3-5-7-16)20-14-18(25)10-13-21(20)26-24(27)17-8-11-19(28)12-9-17/h3-14,23-24,26,28H,2,15H2,1H3/t23-,24-/m1/s1. The molecule has 0 aliphatic carbocycles. The average Bonchev–Trinajstić information content (AvgIpc) is 2.75. The van der Waals surface area contributed by atoms with Gasteiger partial charge in [0.15, 0.2) is 0 Å². The molecule has 5 nitrogen and oxygen atoms in total. The maximum absolute atomic E-state index is 12.6. The number of rotatable bonds is 5. The Morgan fingerprint density at radius 2 is 1.80 bits per heavy atom. The van der Waals surface area contributed by atoms with Gasteiger partial charge in [-0.1, -0.05) is 58.4 Å². The molecule has 0 spiro atoms. The first-order valence-electron chi connectivity index (χ1n) is 9.88. The number of carbonyl (C=O) groups is 1. The van der Waals surface area contributed by atoms with Gasteiger partial charge in [-0.05, 0) is 53.9 Å². The predicted molar refractivity (Wildman–Crippen MR) is 120 cm³/mol. The van der Waals surface area contributed by atoms with Crippen molar-refractivity contribution in [2.45, 2.75) is 19.1 Å². The molecule has 2 N–H and O–H groups in total. The Morgan fingerprint density at radius 3 is 2.50 bits per heavy atom. The molecule has 0 radical (unpaired) electrons. The number of nitrogens with zero attached hydrogens (tertiary/aromatic N) is 1. The highest BCUT2D eigenvalue weighted by molar-refractivity contribution is 9.10. The molecule has 0 saturated carbocycles. The molecule has 0 fully saturated rings. The summed E-state index contributed by atoms with van der Waals surface area (Å²) >= 11 is 3.59. The predicted octanol–water partition coefficient (Wildman–Crippen LogP) is 5.23. The van der Waals surface area contributed by atoms with E-state index in [4.69, 9.17) is 4.74 Å². The van der Waals surface area contributed by atoms with Gasteiger partial charge in [0, 0.05) is 10.2 Å². The Hall–Kier alpha value is -2.83. The number of esters is 1. The fourth-order valence-corrected chi connectivity index (χ4v) is 4.30. The van der Waals surface area contributed by atoms with Gasteiger partial charge in [0.25, 0.3) is 0 Å². The summed E-state index contributed by atoms with van der Waals surface area (Å²) in [5.74, 6) is -0.0714. The van der Waals surface area contributed by atoms with Crippen LogP contribution < -0.4 is 5.32 Å². The number of phenolic OH excluding ortho intramolecular Hbond substituents is 1. The van der Waals surface area contributed by atoms with Gasteiger partial charge in [0.2, 0.25) is 0 Å². The first-order chi connectivity index (χ1) is 14.6. The number of hydrogen-bond acceptors (Lipinski definition) is 5. The number of ether oxygens (including phenoxy) is 1. The molecule has 1 aliphatic rings. The molecular formula is C24H23BrN2O3. The lowest BCUT2D eigenvalue weighted by Gasteiger charge is -2.44. The summed E-state index contributed by atoms with van der Waals surface area (Å²) in [7, 11) is 0. The van der Waals surface area contributed by atoms with Crippen molar-refractivity contribution in [3.05, 3.63) is 94.0 Å². The van der Waals surface area contributed by atoms with Crippen molar-refractivity contribution in [3.63, 3.8) is 0 Å². The smallest absolute Gasteiger partial charge is 0.320 e. The molecular weight excluding hydrogens is 444 g/mol. The molecule has 1 heterocycles.